The molecule has 0 nitrogen and oxygen atoms in total. The summed E-state index contributed by atoms with van der Waals surface area (Å²) in [5, 5.41) is 0. The Hall–Kier alpha value is -1.40. The number of halogens is 20. The molecule has 0 radical (unpaired) electrons. The normalized spacial score (nSPS) is 17.2. The first-order valence-electron chi connectivity index (χ1n) is 9.53. The smallest absolute Gasteiger partial charge is 0.199 e. The van der Waals surface area contributed by atoms with Gasteiger partial charge in [0.15, 0.2) is 0 Å². The van der Waals surface area contributed by atoms with E-state index in [4.69, 9.17) is 0 Å². The van der Waals surface area contributed by atoms with Crippen molar-refractivity contribution >= 4 is 0 Å². The van der Waals surface area contributed by atoms with Crippen molar-refractivity contribution in [2.75, 3.05) is 0 Å². The quantitative estimate of drug-likeness (QED) is 0.227. The van der Waals surface area contributed by atoms with Gasteiger partial charge in [0.2, 0.25) is 0 Å². The van der Waals surface area contributed by atoms with E-state index in [2.05, 4.69) is 0 Å². The molecule has 0 aromatic heterocycles. The van der Waals surface area contributed by atoms with Crippen molar-refractivity contribution in [2.45, 2.75) is 101 Å². The van der Waals surface area contributed by atoms with Crippen molar-refractivity contribution in [2.24, 2.45) is 10.8 Å². The Morgan fingerprint density at radius 3 is 0.342 bits per heavy atom. The first kappa shape index (κ1) is 36.6. The Bertz CT molecular complexity index is 795. The summed E-state index contributed by atoms with van der Waals surface area (Å²) in [6.07, 6.45) is 0. The third kappa shape index (κ3) is 4.10. The SMILES string of the molecule is CC(C)(C)C(F)(F)C(F)(F)C(F)(F)C(F)(F)C(F)(F)C(F)(F)C(F)(F)C(F)(F)C(F)(F)C(F)(F)C(C)(C)C. The second kappa shape index (κ2) is 8.55. The van der Waals surface area contributed by atoms with Crippen LogP contribution in [-0.4, -0.2) is 59.2 Å². The Morgan fingerprint density at radius 1 is 0.184 bits per heavy atom. The van der Waals surface area contributed by atoms with Gasteiger partial charge in [0.1, 0.15) is 0 Å². The van der Waals surface area contributed by atoms with Crippen LogP contribution in [0, 0.1) is 10.8 Å². The minimum atomic E-state index is -9.00. The van der Waals surface area contributed by atoms with Gasteiger partial charge in [-0.2, -0.15) is 87.8 Å². The minimum absolute atomic E-state index is 0.0892. The lowest BCUT2D eigenvalue weighted by Crippen LogP contribution is -2.77. The van der Waals surface area contributed by atoms with E-state index < -0.39 is 70.1 Å². The third-order valence-corrected chi connectivity index (χ3v) is 5.43. The molecule has 0 atom stereocenters. The number of alkyl halides is 20. The molecule has 20 heteroatoms. The Morgan fingerprint density at radius 2 is 0.263 bits per heavy atom. The van der Waals surface area contributed by atoms with Crippen molar-refractivity contribution in [1.82, 2.24) is 0 Å². The highest BCUT2D eigenvalue weighted by atomic mass is 19.4. The fraction of sp³-hybridized carbons (Fsp3) is 1.00. The second-order valence-corrected chi connectivity index (χ2v) is 10.2. The maximum Gasteiger partial charge on any atom is 0.385 e. The van der Waals surface area contributed by atoms with Crippen LogP contribution < -0.4 is 0 Å². The van der Waals surface area contributed by atoms with E-state index in [1.54, 1.807) is 0 Å². The van der Waals surface area contributed by atoms with E-state index in [0.29, 0.717) is 0 Å². The van der Waals surface area contributed by atoms with Gasteiger partial charge in [-0.25, -0.2) is 0 Å². The van der Waals surface area contributed by atoms with E-state index >= 15 is 0 Å². The molecule has 0 spiro atoms. The minimum Gasteiger partial charge on any atom is -0.199 e. The summed E-state index contributed by atoms with van der Waals surface area (Å²) in [6.45, 7) is -0.535. The summed E-state index contributed by atoms with van der Waals surface area (Å²) < 4.78 is 276. The summed E-state index contributed by atoms with van der Waals surface area (Å²) in [5.41, 5.74) is -7.16. The van der Waals surface area contributed by atoms with Crippen LogP contribution in [0.2, 0.25) is 0 Å². The molecule has 38 heavy (non-hydrogen) atoms. The third-order valence-electron chi connectivity index (χ3n) is 5.43. The molecule has 0 bridgehead atoms. The van der Waals surface area contributed by atoms with Gasteiger partial charge in [-0.15, -0.1) is 0 Å². The molecule has 0 amide bonds. The van der Waals surface area contributed by atoms with Crippen LogP contribution in [0.15, 0.2) is 0 Å². The molecule has 0 unspecified atom stereocenters. The number of hydrogen-bond donors (Lipinski definition) is 0. The van der Waals surface area contributed by atoms with Gasteiger partial charge < -0.3 is 0 Å². The van der Waals surface area contributed by atoms with Crippen LogP contribution in [0.4, 0.5) is 87.8 Å². The van der Waals surface area contributed by atoms with E-state index in [0.717, 1.165) is 0 Å². The molecule has 0 N–H and O–H groups in total. The van der Waals surface area contributed by atoms with Crippen LogP contribution in [0.3, 0.4) is 0 Å². The molecule has 0 aromatic carbocycles. The second-order valence-electron chi connectivity index (χ2n) is 10.2. The highest BCUT2D eigenvalue weighted by Crippen LogP contribution is 2.67. The zero-order chi connectivity index (χ0) is 32.0. The lowest BCUT2D eigenvalue weighted by Gasteiger charge is -2.47. The summed E-state index contributed by atoms with van der Waals surface area (Å²) in [4.78, 5) is 0. The van der Waals surface area contributed by atoms with Gasteiger partial charge in [0.25, 0.3) is 0 Å². The highest BCUT2D eigenvalue weighted by Gasteiger charge is 2.98. The van der Waals surface area contributed by atoms with Crippen LogP contribution >= 0.6 is 0 Å². The highest BCUT2D eigenvalue weighted by molar-refractivity contribution is 5.19. The van der Waals surface area contributed by atoms with Crippen molar-refractivity contribution in [3.63, 3.8) is 0 Å². The van der Waals surface area contributed by atoms with E-state index in [1.165, 1.54) is 0 Å². The van der Waals surface area contributed by atoms with Gasteiger partial charge in [0, 0.05) is 10.8 Å². The molecular formula is C18H18F20. The fourth-order valence-corrected chi connectivity index (χ4v) is 2.52. The molecule has 0 fully saturated rings. The monoisotopic (exact) mass is 614 g/mol. The molecule has 0 aliphatic rings. The summed E-state index contributed by atoms with van der Waals surface area (Å²) in [6, 6.07) is 0. The standard InChI is InChI=1S/C18H18F20/c1-7(2,3)9(19,20)11(23,24)13(27,28)15(31,32)17(35,36)18(37,38)16(33,34)14(29,30)12(25,26)10(21,22)8(4,5)6/h1-6H3. The predicted octanol–water partition coefficient (Wildman–Crippen LogP) is 9.43. The van der Waals surface area contributed by atoms with E-state index in [1.807, 2.05) is 0 Å². The van der Waals surface area contributed by atoms with Crippen molar-refractivity contribution < 1.29 is 87.8 Å². The van der Waals surface area contributed by atoms with Crippen LogP contribution in [0.5, 0.6) is 0 Å². The van der Waals surface area contributed by atoms with E-state index in [-0.39, 0.29) is 41.5 Å². The molecule has 230 valence electrons. The molecule has 0 aromatic rings. The number of rotatable bonds is 9. The summed E-state index contributed by atoms with van der Waals surface area (Å²) >= 11 is 0. The maximum absolute atomic E-state index is 13.8. The fourth-order valence-electron chi connectivity index (χ4n) is 2.52. The summed E-state index contributed by atoms with van der Waals surface area (Å²) in [5.74, 6) is -81.4. The molecule has 0 saturated heterocycles. The molecular weight excluding hydrogens is 596 g/mol. The Balaban J connectivity index is 7.29. The van der Waals surface area contributed by atoms with Gasteiger partial charge >= 0.3 is 59.2 Å². The zero-order valence-electron chi connectivity index (χ0n) is 19.6. The van der Waals surface area contributed by atoms with Gasteiger partial charge in [-0.1, -0.05) is 41.5 Å². The Kier molecular flexibility index (Phi) is 8.24. The van der Waals surface area contributed by atoms with Gasteiger partial charge in [-0.05, 0) is 0 Å². The lowest BCUT2D eigenvalue weighted by atomic mass is 9.77. The van der Waals surface area contributed by atoms with Gasteiger partial charge in [-0.3, -0.25) is 0 Å². The van der Waals surface area contributed by atoms with Crippen LogP contribution in [0.25, 0.3) is 0 Å². The maximum atomic E-state index is 13.8. The summed E-state index contributed by atoms with van der Waals surface area (Å²) in [7, 11) is 0. The van der Waals surface area contributed by atoms with E-state index in [9.17, 15) is 87.8 Å². The average molecular weight is 614 g/mol. The number of hydrogen-bond acceptors (Lipinski definition) is 0. The molecule has 0 saturated carbocycles. The first-order valence-corrected chi connectivity index (χ1v) is 9.53. The van der Waals surface area contributed by atoms with Crippen molar-refractivity contribution in [3.8, 4) is 0 Å². The first-order chi connectivity index (χ1) is 15.8. The van der Waals surface area contributed by atoms with Crippen LogP contribution in [-0.2, 0) is 0 Å². The van der Waals surface area contributed by atoms with Crippen molar-refractivity contribution in [1.29, 1.82) is 0 Å². The zero-order valence-corrected chi connectivity index (χ0v) is 19.6. The molecule has 0 heterocycles. The molecule has 0 rings (SSSR count). The lowest BCUT2D eigenvalue weighted by molar-refractivity contribution is -0.474. The predicted molar refractivity (Wildman–Crippen MR) is 88.4 cm³/mol. The largest absolute Gasteiger partial charge is 0.385 e. The van der Waals surface area contributed by atoms with Crippen LogP contribution in [0.1, 0.15) is 41.5 Å². The topological polar surface area (TPSA) is 0 Å². The average Bonchev–Trinajstić information content (AvgIpc) is 2.64. The Labute approximate surface area is 200 Å². The molecule has 0 aliphatic heterocycles. The molecule has 0 aliphatic carbocycles. The van der Waals surface area contributed by atoms with Gasteiger partial charge in [0.05, 0.1) is 0 Å². The van der Waals surface area contributed by atoms with Crippen molar-refractivity contribution in [3.05, 3.63) is 0 Å².